The van der Waals surface area contributed by atoms with Gasteiger partial charge in [0, 0.05) is 43.5 Å². The van der Waals surface area contributed by atoms with E-state index in [2.05, 4.69) is 13.2 Å². The molecule has 2 unspecified atom stereocenters. The average molecular weight is 572 g/mol. The van der Waals surface area contributed by atoms with Gasteiger partial charge in [0.05, 0.1) is 17.9 Å². The van der Waals surface area contributed by atoms with Gasteiger partial charge in [0.25, 0.3) is 5.91 Å². The van der Waals surface area contributed by atoms with E-state index >= 15 is 0 Å². The van der Waals surface area contributed by atoms with Crippen molar-refractivity contribution in [3.63, 3.8) is 0 Å². The topological polar surface area (TPSA) is 90.4 Å². The number of fused-ring (bicyclic) bond motifs is 1. The number of hydrogen-bond acceptors (Lipinski definition) is 5. The van der Waals surface area contributed by atoms with Crippen LogP contribution in [0.4, 0.5) is 5.69 Å². The van der Waals surface area contributed by atoms with Crippen LogP contribution in [0, 0.1) is 11.8 Å². The molecule has 0 radical (unpaired) electrons. The normalized spacial score (nSPS) is 26.6. The zero-order chi connectivity index (χ0) is 28.9. The highest BCUT2D eigenvalue weighted by atomic mass is 35.5. The van der Waals surface area contributed by atoms with Gasteiger partial charge in [0.15, 0.2) is 0 Å². The van der Waals surface area contributed by atoms with Gasteiger partial charge in [-0.05, 0) is 56.4 Å². The lowest BCUT2D eigenvalue weighted by molar-refractivity contribution is -0.145. The number of halogens is 1. The third kappa shape index (κ3) is 5.58. The molecule has 1 aromatic rings. The first-order valence-electron chi connectivity index (χ1n) is 14.5. The Morgan fingerprint density at radius 1 is 1.12 bits per heavy atom. The Hall–Kier alpha value is -2.68. The third-order valence-electron chi connectivity index (χ3n) is 8.50. The number of likely N-dealkylation sites (tertiary alicyclic amines) is 1. The first-order chi connectivity index (χ1) is 19.3. The molecule has 1 aromatic carbocycles. The lowest BCUT2D eigenvalue weighted by atomic mass is 9.70. The number of aliphatic hydroxyl groups is 1. The first-order valence-corrected chi connectivity index (χ1v) is 14.9. The molecule has 0 aromatic heterocycles. The standard InChI is InChI=1S/C31H42ClN3O5/c1-4-17-33(18-5-2)28(37)25-24-15-16-31(40-24)26(25)29(38)35(20-9-7-8-10-21-36)27(31)30(39)34(19-6-3)23-13-11-22(32)12-14-23/h4,6,11-14,24-27,36H,1,3,5,7-10,15-21H2,2H3/t24-,25+,26-,27?,31?/m0/s1. The molecule has 218 valence electrons. The second-order valence-corrected chi connectivity index (χ2v) is 11.4. The van der Waals surface area contributed by atoms with E-state index in [1.54, 1.807) is 51.1 Å². The van der Waals surface area contributed by atoms with E-state index in [0.29, 0.717) is 56.0 Å². The predicted octanol–water partition coefficient (Wildman–Crippen LogP) is 4.21. The molecule has 0 aliphatic carbocycles. The molecule has 3 aliphatic heterocycles. The van der Waals surface area contributed by atoms with Crippen LogP contribution in [0.25, 0.3) is 0 Å². The molecule has 9 heteroatoms. The maximum absolute atomic E-state index is 14.5. The highest BCUT2D eigenvalue weighted by Crippen LogP contribution is 2.59. The van der Waals surface area contributed by atoms with Crippen LogP contribution in [-0.2, 0) is 19.1 Å². The molecule has 5 atom stereocenters. The largest absolute Gasteiger partial charge is 0.396 e. The molecule has 3 fully saturated rings. The van der Waals surface area contributed by atoms with Crippen LogP contribution >= 0.6 is 11.6 Å². The van der Waals surface area contributed by atoms with Crippen molar-refractivity contribution in [1.29, 1.82) is 0 Å². The molecule has 3 heterocycles. The number of amides is 3. The summed E-state index contributed by atoms with van der Waals surface area (Å²) in [6.07, 6.45) is 8.01. The number of carbonyl (C=O) groups is 3. The molecule has 2 bridgehead atoms. The van der Waals surface area contributed by atoms with Crippen molar-refractivity contribution in [2.45, 2.75) is 69.6 Å². The number of anilines is 1. The quantitative estimate of drug-likeness (QED) is 0.252. The minimum absolute atomic E-state index is 0.0941. The summed E-state index contributed by atoms with van der Waals surface area (Å²) in [5.41, 5.74) is -0.396. The monoisotopic (exact) mass is 571 g/mol. The van der Waals surface area contributed by atoms with Crippen LogP contribution in [0.15, 0.2) is 49.6 Å². The molecule has 3 saturated heterocycles. The summed E-state index contributed by atoms with van der Waals surface area (Å²) in [6.45, 7) is 11.4. The van der Waals surface area contributed by atoms with Crippen LogP contribution in [0.2, 0.25) is 5.02 Å². The molecular weight excluding hydrogens is 530 g/mol. The fraction of sp³-hybridized carbons (Fsp3) is 0.581. The van der Waals surface area contributed by atoms with Gasteiger partial charge in [0.2, 0.25) is 11.8 Å². The minimum Gasteiger partial charge on any atom is -0.396 e. The molecule has 1 spiro atoms. The number of rotatable bonds is 15. The van der Waals surface area contributed by atoms with Gasteiger partial charge in [-0.1, -0.05) is 43.5 Å². The summed E-state index contributed by atoms with van der Waals surface area (Å²) in [5, 5.41) is 9.72. The SMILES string of the molecule is C=CCN(CCC)C(=O)[C@@H]1[C@@H]2CCC3(O2)C(C(=O)N(CC=C)c2ccc(Cl)cc2)N(CCCCCCO)C(=O)[C@H]13. The van der Waals surface area contributed by atoms with Crippen molar-refractivity contribution >= 4 is 35.0 Å². The lowest BCUT2D eigenvalue weighted by Crippen LogP contribution is -2.56. The maximum atomic E-state index is 14.5. The second-order valence-electron chi connectivity index (χ2n) is 11.0. The summed E-state index contributed by atoms with van der Waals surface area (Å²) < 4.78 is 6.62. The smallest absolute Gasteiger partial charge is 0.253 e. The molecule has 40 heavy (non-hydrogen) atoms. The Kier molecular flexibility index (Phi) is 10.1. The number of ether oxygens (including phenoxy) is 1. The van der Waals surface area contributed by atoms with Crippen LogP contribution < -0.4 is 4.90 Å². The fourth-order valence-corrected chi connectivity index (χ4v) is 6.98. The number of unbranched alkanes of at least 4 members (excludes halogenated alkanes) is 3. The minimum atomic E-state index is -1.05. The second kappa shape index (κ2) is 13.3. The Morgan fingerprint density at radius 3 is 2.48 bits per heavy atom. The number of carbonyl (C=O) groups excluding carboxylic acids is 3. The van der Waals surface area contributed by atoms with Crippen molar-refractivity contribution in [2.24, 2.45) is 11.8 Å². The molecule has 3 aliphatic rings. The van der Waals surface area contributed by atoms with E-state index < -0.39 is 29.6 Å². The van der Waals surface area contributed by atoms with E-state index in [-0.39, 0.29) is 30.9 Å². The Labute approximate surface area is 242 Å². The third-order valence-corrected chi connectivity index (χ3v) is 8.75. The summed E-state index contributed by atoms with van der Waals surface area (Å²) >= 11 is 6.12. The molecule has 4 rings (SSSR count). The summed E-state index contributed by atoms with van der Waals surface area (Å²) in [6, 6.07) is 6.18. The van der Waals surface area contributed by atoms with Crippen molar-refractivity contribution in [2.75, 3.05) is 37.7 Å². The Bertz CT molecular complexity index is 1090. The van der Waals surface area contributed by atoms with Crippen LogP contribution in [0.5, 0.6) is 0 Å². The number of benzene rings is 1. The van der Waals surface area contributed by atoms with Gasteiger partial charge in [-0.2, -0.15) is 0 Å². The van der Waals surface area contributed by atoms with E-state index in [1.165, 1.54) is 0 Å². The highest BCUT2D eigenvalue weighted by Gasteiger charge is 2.74. The van der Waals surface area contributed by atoms with Gasteiger partial charge >= 0.3 is 0 Å². The molecule has 0 saturated carbocycles. The zero-order valence-electron chi connectivity index (χ0n) is 23.5. The number of aliphatic hydroxyl groups excluding tert-OH is 1. The first kappa shape index (κ1) is 30.3. The van der Waals surface area contributed by atoms with Gasteiger partial charge in [-0.3, -0.25) is 14.4 Å². The van der Waals surface area contributed by atoms with E-state index in [0.717, 1.165) is 19.3 Å². The Balaban J connectivity index is 1.71. The molecule has 8 nitrogen and oxygen atoms in total. The fourth-order valence-electron chi connectivity index (χ4n) is 6.85. The average Bonchev–Trinajstić information content (AvgIpc) is 3.59. The van der Waals surface area contributed by atoms with Crippen LogP contribution in [-0.4, -0.2) is 83.2 Å². The lowest BCUT2D eigenvalue weighted by Gasteiger charge is -2.37. The maximum Gasteiger partial charge on any atom is 0.253 e. The molecule has 3 amide bonds. The highest BCUT2D eigenvalue weighted by molar-refractivity contribution is 6.30. The van der Waals surface area contributed by atoms with Crippen LogP contribution in [0.1, 0.15) is 51.9 Å². The van der Waals surface area contributed by atoms with Gasteiger partial charge < -0.3 is 24.5 Å². The number of nitrogens with zero attached hydrogens (tertiary/aromatic N) is 3. The molecule has 1 N–H and O–H groups in total. The van der Waals surface area contributed by atoms with E-state index in [1.807, 2.05) is 6.92 Å². The van der Waals surface area contributed by atoms with Gasteiger partial charge in [0.1, 0.15) is 11.6 Å². The summed E-state index contributed by atoms with van der Waals surface area (Å²) in [7, 11) is 0. The van der Waals surface area contributed by atoms with Gasteiger partial charge in [-0.15, -0.1) is 13.2 Å². The number of hydrogen-bond donors (Lipinski definition) is 1. The summed E-state index contributed by atoms with van der Waals surface area (Å²) in [5.74, 6) is -1.83. The van der Waals surface area contributed by atoms with Crippen molar-refractivity contribution in [3.8, 4) is 0 Å². The zero-order valence-corrected chi connectivity index (χ0v) is 24.2. The Morgan fingerprint density at radius 2 is 1.82 bits per heavy atom. The van der Waals surface area contributed by atoms with Crippen LogP contribution in [0.3, 0.4) is 0 Å². The van der Waals surface area contributed by atoms with Crippen molar-refractivity contribution in [1.82, 2.24) is 9.80 Å². The predicted molar refractivity (Wildman–Crippen MR) is 156 cm³/mol. The van der Waals surface area contributed by atoms with Crippen molar-refractivity contribution in [3.05, 3.63) is 54.6 Å². The van der Waals surface area contributed by atoms with Crippen molar-refractivity contribution < 1.29 is 24.2 Å². The molecular formula is C31H42ClN3O5. The van der Waals surface area contributed by atoms with Gasteiger partial charge in [-0.25, -0.2) is 0 Å². The van der Waals surface area contributed by atoms with E-state index in [4.69, 9.17) is 21.4 Å². The van der Waals surface area contributed by atoms with E-state index in [9.17, 15) is 14.4 Å². The summed E-state index contributed by atoms with van der Waals surface area (Å²) in [4.78, 5) is 47.7.